The second-order valence-corrected chi connectivity index (χ2v) is 15.3. The van der Waals surface area contributed by atoms with Crippen molar-refractivity contribution in [3.63, 3.8) is 0 Å². The maximum atomic E-state index is 7.19. The molecule has 1 aromatic heterocycles. The Morgan fingerprint density at radius 2 is 0.738 bits per heavy atom. The Balaban J connectivity index is 1.19. The van der Waals surface area contributed by atoms with Gasteiger partial charge in [-0.05, 0) is 105 Å². The summed E-state index contributed by atoms with van der Waals surface area (Å²) in [5.41, 5.74) is 14.8. The lowest BCUT2D eigenvalue weighted by molar-refractivity contribution is 0.669. The minimum absolute atomic E-state index is 0.807. The van der Waals surface area contributed by atoms with Crippen LogP contribution in [-0.2, 0) is 0 Å². The standard InChI is InChI=1S/C58H40N2O/c1-5-17-41(18-6-1)43-29-33-49(34-30-43)59(48-25-11-4-12-26-48)55-38-37-54(57-52-39-46-23-13-14-24-47(46)40-56(52)61-58(55)57)60(50-35-31-44(32-36-50)42-19-7-2-8-20-42)53-28-16-15-27-51(53)45-21-9-3-10-22-45/h1-40H. The lowest BCUT2D eigenvalue weighted by Gasteiger charge is -2.30. The van der Waals surface area contributed by atoms with Gasteiger partial charge < -0.3 is 14.2 Å². The van der Waals surface area contributed by atoms with Gasteiger partial charge >= 0.3 is 0 Å². The molecule has 10 aromatic carbocycles. The highest BCUT2D eigenvalue weighted by Gasteiger charge is 2.26. The number of rotatable bonds is 9. The third kappa shape index (κ3) is 6.69. The van der Waals surface area contributed by atoms with E-state index in [1.807, 2.05) is 0 Å². The Labute approximate surface area is 355 Å². The van der Waals surface area contributed by atoms with E-state index in [9.17, 15) is 0 Å². The quantitative estimate of drug-likeness (QED) is 0.145. The van der Waals surface area contributed by atoms with Crippen molar-refractivity contribution < 1.29 is 4.42 Å². The smallest absolute Gasteiger partial charge is 0.161 e. The van der Waals surface area contributed by atoms with Gasteiger partial charge in [0.2, 0.25) is 0 Å². The lowest BCUT2D eigenvalue weighted by atomic mass is 9.99. The summed E-state index contributed by atoms with van der Waals surface area (Å²) in [5.74, 6) is 0. The third-order valence-corrected chi connectivity index (χ3v) is 11.6. The number of nitrogens with zero attached hydrogens (tertiary/aromatic N) is 2. The van der Waals surface area contributed by atoms with Crippen LogP contribution < -0.4 is 9.80 Å². The summed E-state index contributed by atoms with van der Waals surface area (Å²) in [7, 11) is 0. The summed E-state index contributed by atoms with van der Waals surface area (Å²) in [5, 5.41) is 4.39. The van der Waals surface area contributed by atoms with Crippen LogP contribution in [0.1, 0.15) is 0 Å². The Morgan fingerprint density at radius 1 is 0.295 bits per heavy atom. The molecule has 61 heavy (non-hydrogen) atoms. The van der Waals surface area contributed by atoms with Crippen molar-refractivity contribution in [2.75, 3.05) is 9.80 Å². The zero-order valence-electron chi connectivity index (χ0n) is 33.4. The number of fused-ring (bicyclic) bond motifs is 4. The molecule has 0 unspecified atom stereocenters. The zero-order chi connectivity index (χ0) is 40.5. The van der Waals surface area contributed by atoms with E-state index in [1.54, 1.807) is 0 Å². The van der Waals surface area contributed by atoms with Gasteiger partial charge in [0.05, 0.1) is 22.4 Å². The topological polar surface area (TPSA) is 19.6 Å². The lowest BCUT2D eigenvalue weighted by Crippen LogP contribution is -2.13. The summed E-state index contributed by atoms with van der Waals surface area (Å²) in [6.07, 6.45) is 0. The molecule has 0 amide bonds. The molecule has 0 aliphatic carbocycles. The van der Waals surface area contributed by atoms with Crippen LogP contribution in [0.5, 0.6) is 0 Å². The number of hydrogen-bond acceptors (Lipinski definition) is 3. The van der Waals surface area contributed by atoms with E-state index in [-0.39, 0.29) is 0 Å². The monoisotopic (exact) mass is 780 g/mol. The molecule has 3 nitrogen and oxygen atoms in total. The molecule has 0 atom stereocenters. The van der Waals surface area contributed by atoms with Crippen LogP contribution in [0.4, 0.5) is 34.1 Å². The van der Waals surface area contributed by atoms with E-state index in [0.29, 0.717) is 0 Å². The number of hydrogen-bond donors (Lipinski definition) is 0. The van der Waals surface area contributed by atoms with Crippen molar-refractivity contribution in [2.45, 2.75) is 0 Å². The van der Waals surface area contributed by atoms with Crippen LogP contribution in [0.25, 0.3) is 66.1 Å². The average Bonchev–Trinajstić information content (AvgIpc) is 3.72. The minimum atomic E-state index is 0.807. The molecule has 0 spiro atoms. The van der Waals surface area contributed by atoms with Gasteiger partial charge in [0.25, 0.3) is 0 Å². The second-order valence-electron chi connectivity index (χ2n) is 15.3. The average molecular weight is 781 g/mol. The van der Waals surface area contributed by atoms with E-state index in [4.69, 9.17) is 4.42 Å². The molecule has 11 rings (SSSR count). The molecule has 288 valence electrons. The highest BCUT2D eigenvalue weighted by Crippen LogP contribution is 2.50. The van der Waals surface area contributed by atoms with Crippen LogP contribution in [0.3, 0.4) is 0 Å². The van der Waals surface area contributed by atoms with Gasteiger partial charge in [0.15, 0.2) is 5.58 Å². The van der Waals surface area contributed by atoms with Crippen molar-refractivity contribution in [3.05, 3.63) is 243 Å². The first kappa shape index (κ1) is 36.0. The summed E-state index contributed by atoms with van der Waals surface area (Å²) in [6, 6.07) is 86.4. The zero-order valence-corrected chi connectivity index (χ0v) is 33.4. The number of furan rings is 1. The highest BCUT2D eigenvalue weighted by molar-refractivity contribution is 6.20. The third-order valence-electron chi connectivity index (χ3n) is 11.6. The molecule has 1 heterocycles. The fraction of sp³-hybridized carbons (Fsp3) is 0. The molecular formula is C58H40N2O. The summed E-state index contributed by atoms with van der Waals surface area (Å²) < 4.78 is 7.19. The SMILES string of the molecule is c1ccc(-c2ccc(N(c3ccccc3)c3ccc(N(c4ccc(-c5ccccc5)cc4)c4ccccc4-c4ccccc4)c4c3oc3cc5ccccc5cc34)cc2)cc1. The van der Waals surface area contributed by atoms with Gasteiger partial charge in [-0.3, -0.25) is 0 Å². The molecule has 0 radical (unpaired) electrons. The Kier molecular flexibility index (Phi) is 9.18. The molecule has 0 saturated carbocycles. The molecular weight excluding hydrogens is 741 g/mol. The molecule has 0 bridgehead atoms. The predicted molar refractivity (Wildman–Crippen MR) is 257 cm³/mol. The fourth-order valence-electron chi connectivity index (χ4n) is 8.71. The molecule has 0 saturated heterocycles. The Bertz CT molecular complexity index is 3270. The van der Waals surface area contributed by atoms with Crippen molar-refractivity contribution in [1.29, 1.82) is 0 Å². The van der Waals surface area contributed by atoms with Crippen LogP contribution in [0.2, 0.25) is 0 Å². The van der Waals surface area contributed by atoms with Crippen LogP contribution >= 0.6 is 0 Å². The van der Waals surface area contributed by atoms with Gasteiger partial charge in [0, 0.05) is 28.0 Å². The Morgan fingerprint density at radius 3 is 1.34 bits per heavy atom. The van der Waals surface area contributed by atoms with Crippen molar-refractivity contribution in [3.8, 4) is 33.4 Å². The van der Waals surface area contributed by atoms with Crippen LogP contribution in [0, 0.1) is 0 Å². The second kappa shape index (κ2) is 15.6. The predicted octanol–water partition coefficient (Wildman–Crippen LogP) is 16.7. The van der Waals surface area contributed by atoms with Gasteiger partial charge in [-0.15, -0.1) is 0 Å². The molecule has 0 aliphatic heterocycles. The van der Waals surface area contributed by atoms with Gasteiger partial charge in [-0.2, -0.15) is 0 Å². The molecule has 0 N–H and O–H groups in total. The highest BCUT2D eigenvalue weighted by atomic mass is 16.3. The first-order valence-corrected chi connectivity index (χ1v) is 20.8. The fourth-order valence-corrected chi connectivity index (χ4v) is 8.71. The summed E-state index contributed by atoms with van der Waals surface area (Å²) in [4.78, 5) is 4.73. The first-order valence-electron chi connectivity index (χ1n) is 20.8. The van der Waals surface area contributed by atoms with E-state index >= 15 is 0 Å². The van der Waals surface area contributed by atoms with Crippen molar-refractivity contribution in [1.82, 2.24) is 0 Å². The van der Waals surface area contributed by atoms with E-state index in [1.165, 1.54) is 16.7 Å². The van der Waals surface area contributed by atoms with E-state index in [2.05, 4.69) is 252 Å². The molecule has 0 aliphatic rings. The number of para-hydroxylation sites is 2. The first-order chi connectivity index (χ1) is 30.3. The maximum absolute atomic E-state index is 7.19. The summed E-state index contributed by atoms with van der Waals surface area (Å²) >= 11 is 0. The van der Waals surface area contributed by atoms with Gasteiger partial charge in [0.1, 0.15) is 5.58 Å². The summed E-state index contributed by atoms with van der Waals surface area (Å²) in [6.45, 7) is 0. The number of anilines is 6. The van der Waals surface area contributed by atoms with Crippen molar-refractivity contribution >= 4 is 66.8 Å². The normalized spacial score (nSPS) is 11.3. The van der Waals surface area contributed by atoms with Crippen LogP contribution in [0.15, 0.2) is 247 Å². The van der Waals surface area contributed by atoms with Gasteiger partial charge in [-0.25, -0.2) is 0 Å². The maximum Gasteiger partial charge on any atom is 0.161 e. The number of benzene rings is 10. The van der Waals surface area contributed by atoms with E-state index < -0.39 is 0 Å². The molecule has 11 aromatic rings. The Hall–Kier alpha value is -8.14. The van der Waals surface area contributed by atoms with Crippen molar-refractivity contribution in [2.24, 2.45) is 0 Å². The van der Waals surface area contributed by atoms with Gasteiger partial charge in [-0.1, -0.05) is 176 Å². The van der Waals surface area contributed by atoms with E-state index in [0.717, 1.165) is 83.5 Å². The van der Waals surface area contributed by atoms with Crippen LogP contribution in [-0.4, -0.2) is 0 Å². The molecule has 3 heteroatoms. The molecule has 0 fully saturated rings. The largest absolute Gasteiger partial charge is 0.454 e. The minimum Gasteiger partial charge on any atom is -0.454 e.